The summed E-state index contributed by atoms with van der Waals surface area (Å²) in [7, 11) is 0. The summed E-state index contributed by atoms with van der Waals surface area (Å²) in [5.41, 5.74) is 4.25. The summed E-state index contributed by atoms with van der Waals surface area (Å²) < 4.78 is 13.6. The van der Waals surface area contributed by atoms with Gasteiger partial charge in [0, 0.05) is 66.4 Å². The van der Waals surface area contributed by atoms with Crippen LogP contribution in [-0.4, -0.2) is 18.9 Å². The van der Waals surface area contributed by atoms with E-state index in [4.69, 9.17) is 14.7 Å². The number of fused-ring (bicyclic) bond motifs is 12. The van der Waals surface area contributed by atoms with Gasteiger partial charge in [0.1, 0.15) is 23.0 Å². The first-order chi connectivity index (χ1) is 21.8. The first-order valence-corrected chi connectivity index (χ1v) is 15.4. The minimum absolute atomic E-state index is 0.768. The summed E-state index contributed by atoms with van der Waals surface area (Å²) in [4.78, 5) is 9.45. The lowest BCUT2D eigenvalue weighted by molar-refractivity contribution is 0.484. The second kappa shape index (κ2) is 8.89. The highest BCUT2D eigenvalue weighted by molar-refractivity contribution is 7.25. The Kier molecular flexibility index (Phi) is 4.81. The van der Waals surface area contributed by atoms with Crippen LogP contribution in [0.25, 0.3) is 75.1 Å². The summed E-state index contributed by atoms with van der Waals surface area (Å²) in [6.07, 6.45) is 5.72. The van der Waals surface area contributed by atoms with Crippen molar-refractivity contribution in [2.45, 2.75) is 0 Å². The van der Waals surface area contributed by atoms with E-state index in [1.54, 1.807) is 0 Å². The maximum Gasteiger partial charge on any atom is 0.145 e. The molecule has 0 radical (unpaired) electrons. The van der Waals surface area contributed by atoms with Gasteiger partial charge >= 0.3 is 0 Å². The Morgan fingerprint density at radius 3 is 2.18 bits per heavy atom. The van der Waals surface area contributed by atoms with Gasteiger partial charge in [-0.05, 0) is 72.1 Å². The maximum atomic E-state index is 6.57. The molecule has 0 fully saturated rings. The number of hydrogen-bond donors (Lipinski definition) is 0. The van der Waals surface area contributed by atoms with Crippen LogP contribution in [0.2, 0.25) is 0 Å². The van der Waals surface area contributed by atoms with E-state index in [2.05, 4.69) is 106 Å². The van der Waals surface area contributed by atoms with Crippen LogP contribution in [-0.2, 0) is 0 Å². The number of thiophene rings is 1. The molecule has 0 saturated carbocycles. The highest BCUT2D eigenvalue weighted by atomic mass is 32.1. The Labute approximate surface area is 254 Å². The molecule has 0 spiro atoms. The molecule has 0 atom stereocenters. The van der Waals surface area contributed by atoms with Crippen molar-refractivity contribution in [3.63, 3.8) is 0 Å². The number of nitrogens with zero attached hydrogens (tertiary/aromatic N) is 4. The fourth-order valence-electron chi connectivity index (χ4n) is 6.76. The summed E-state index contributed by atoms with van der Waals surface area (Å²) in [5, 5.41) is 8.33. The van der Waals surface area contributed by atoms with E-state index in [1.807, 2.05) is 48.1 Å². The van der Waals surface area contributed by atoms with Crippen LogP contribution in [0.5, 0.6) is 11.5 Å². The molecular weight excluding hydrogens is 561 g/mol. The molecule has 0 N–H and O–H groups in total. The van der Waals surface area contributed by atoms with Crippen LogP contribution < -0.4 is 4.74 Å². The van der Waals surface area contributed by atoms with Crippen LogP contribution in [0.4, 0.5) is 0 Å². The summed E-state index contributed by atoms with van der Waals surface area (Å²) in [5.74, 6) is 2.41. The Morgan fingerprint density at radius 1 is 0.500 bits per heavy atom. The van der Waals surface area contributed by atoms with E-state index in [-0.39, 0.29) is 0 Å². The first kappa shape index (κ1) is 23.8. The maximum absolute atomic E-state index is 6.57. The third-order valence-electron chi connectivity index (χ3n) is 8.68. The van der Waals surface area contributed by atoms with Gasteiger partial charge in [-0.2, -0.15) is 0 Å². The molecule has 0 unspecified atom stereocenters. The van der Waals surface area contributed by atoms with E-state index >= 15 is 0 Å². The number of imidazole rings is 1. The SMILES string of the molecule is c1ccc(-n2c3cc(Oc4ccc5c6ccccc6n6ccnc6c5c4)ccc3c3cc4sc5ccccc5c4cc32)nc1. The molecule has 5 aromatic heterocycles. The molecule has 10 rings (SSSR count). The lowest BCUT2D eigenvalue weighted by Gasteiger charge is -2.11. The first-order valence-electron chi connectivity index (χ1n) is 14.6. The molecular formula is C38H22N4OS. The smallest absolute Gasteiger partial charge is 0.145 e. The van der Waals surface area contributed by atoms with Gasteiger partial charge in [0.25, 0.3) is 0 Å². The van der Waals surface area contributed by atoms with Crippen molar-refractivity contribution in [3.05, 3.63) is 134 Å². The molecule has 5 nitrogen and oxygen atoms in total. The van der Waals surface area contributed by atoms with Crippen molar-refractivity contribution >= 4 is 80.6 Å². The molecule has 6 heteroatoms. The molecule has 0 amide bonds. The molecule has 5 heterocycles. The molecule has 44 heavy (non-hydrogen) atoms. The summed E-state index contributed by atoms with van der Waals surface area (Å²) in [6, 6.07) is 40.4. The molecule has 206 valence electrons. The summed E-state index contributed by atoms with van der Waals surface area (Å²) >= 11 is 1.84. The van der Waals surface area contributed by atoms with E-state index in [0.29, 0.717) is 0 Å². The van der Waals surface area contributed by atoms with Crippen molar-refractivity contribution in [1.29, 1.82) is 0 Å². The number of para-hydroxylation sites is 1. The van der Waals surface area contributed by atoms with Gasteiger partial charge in [0.15, 0.2) is 0 Å². The van der Waals surface area contributed by atoms with E-state index in [9.17, 15) is 0 Å². The normalized spacial score (nSPS) is 12.1. The second-order valence-electron chi connectivity index (χ2n) is 11.1. The van der Waals surface area contributed by atoms with Crippen molar-refractivity contribution in [3.8, 4) is 17.3 Å². The van der Waals surface area contributed by atoms with Crippen molar-refractivity contribution in [2.75, 3.05) is 0 Å². The second-order valence-corrected chi connectivity index (χ2v) is 12.2. The molecule has 5 aromatic carbocycles. The zero-order chi connectivity index (χ0) is 28.8. The van der Waals surface area contributed by atoms with Crippen LogP contribution in [0.3, 0.4) is 0 Å². The number of ether oxygens (including phenoxy) is 1. The van der Waals surface area contributed by atoms with Gasteiger partial charge in [-0.1, -0.05) is 42.5 Å². The minimum Gasteiger partial charge on any atom is -0.457 e. The lowest BCUT2D eigenvalue weighted by Crippen LogP contribution is -1.96. The Bertz CT molecular complexity index is 2750. The fourth-order valence-corrected chi connectivity index (χ4v) is 7.89. The van der Waals surface area contributed by atoms with Crippen LogP contribution in [0.1, 0.15) is 0 Å². The molecule has 0 aliphatic carbocycles. The number of aromatic nitrogens is 4. The van der Waals surface area contributed by atoms with Gasteiger partial charge < -0.3 is 4.74 Å². The van der Waals surface area contributed by atoms with Crippen LogP contribution >= 0.6 is 11.3 Å². The summed E-state index contributed by atoms with van der Waals surface area (Å²) in [6.45, 7) is 0. The number of hydrogen-bond acceptors (Lipinski definition) is 4. The van der Waals surface area contributed by atoms with Gasteiger partial charge in [-0.3, -0.25) is 8.97 Å². The number of pyridine rings is 2. The quantitative estimate of drug-likeness (QED) is 0.195. The topological polar surface area (TPSA) is 44.4 Å². The van der Waals surface area contributed by atoms with Crippen LogP contribution in [0.15, 0.2) is 134 Å². The average molecular weight is 583 g/mol. The average Bonchev–Trinajstić information content (AvgIpc) is 3.78. The predicted molar refractivity (Wildman–Crippen MR) is 182 cm³/mol. The lowest BCUT2D eigenvalue weighted by atomic mass is 10.1. The van der Waals surface area contributed by atoms with Crippen LogP contribution in [0, 0.1) is 0 Å². The molecule has 0 aliphatic rings. The zero-order valence-electron chi connectivity index (χ0n) is 23.3. The van der Waals surface area contributed by atoms with Gasteiger partial charge in [-0.15, -0.1) is 11.3 Å². The number of rotatable bonds is 3. The predicted octanol–water partition coefficient (Wildman–Crippen LogP) is 10.3. The monoisotopic (exact) mass is 582 g/mol. The van der Waals surface area contributed by atoms with Gasteiger partial charge in [0.05, 0.1) is 16.6 Å². The number of benzene rings is 5. The van der Waals surface area contributed by atoms with E-state index in [1.165, 1.54) is 36.3 Å². The highest BCUT2D eigenvalue weighted by Gasteiger charge is 2.17. The fraction of sp³-hybridized carbons (Fsp3) is 0. The van der Waals surface area contributed by atoms with Crippen molar-refractivity contribution in [2.24, 2.45) is 0 Å². The van der Waals surface area contributed by atoms with Crippen molar-refractivity contribution < 1.29 is 4.74 Å². The van der Waals surface area contributed by atoms with Gasteiger partial charge in [0.2, 0.25) is 0 Å². The van der Waals surface area contributed by atoms with E-state index < -0.39 is 0 Å². The third-order valence-corrected chi connectivity index (χ3v) is 9.81. The molecule has 0 aliphatic heterocycles. The Balaban J connectivity index is 1.17. The third kappa shape index (κ3) is 3.34. The largest absolute Gasteiger partial charge is 0.457 e. The minimum atomic E-state index is 0.768. The standard InChI is InChI=1S/C38H22N4OS/c1-3-9-32-26(7-1)25-14-12-23(19-31(25)38-40-17-18-41(32)38)43-24-13-15-27-29-22-36-30(28-8-2-4-10-35(28)44-36)21-34(29)42(33(27)20-24)37-11-5-6-16-39-37/h1-22H. The zero-order valence-corrected chi connectivity index (χ0v) is 24.1. The van der Waals surface area contributed by atoms with E-state index in [0.717, 1.165) is 50.3 Å². The Morgan fingerprint density at radius 2 is 1.27 bits per heavy atom. The van der Waals surface area contributed by atoms with Gasteiger partial charge in [-0.25, -0.2) is 9.97 Å². The molecule has 0 saturated heterocycles. The molecule has 0 bridgehead atoms. The highest BCUT2D eigenvalue weighted by Crippen LogP contribution is 2.41. The van der Waals surface area contributed by atoms with Crippen molar-refractivity contribution in [1.82, 2.24) is 18.9 Å². The Hall–Kier alpha value is -5.72. The molecule has 10 aromatic rings.